The summed E-state index contributed by atoms with van der Waals surface area (Å²) in [5.41, 5.74) is 1.37. The van der Waals surface area contributed by atoms with Crippen molar-refractivity contribution in [2.24, 2.45) is 11.8 Å². The van der Waals surface area contributed by atoms with Crippen molar-refractivity contribution in [2.75, 3.05) is 33.3 Å². The molecule has 170 valence electrons. The molecule has 0 N–H and O–H groups in total. The Kier molecular flexibility index (Phi) is 10.5. The molecular formula is C25H41ClN2O2. The second-order valence-corrected chi connectivity index (χ2v) is 9.09. The maximum atomic E-state index is 12.8. The number of hydrogen-bond acceptors (Lipinski definition) is 3. The normalized spacial score (nSPS) is 19.4. The summed E-state index contributed by atoms with van der Waals surface area (Å²) in [6.45, 7) is 8.77. The second kappa shape index (κ2) is 12.6. The number of amides is 1. The molecular weight excluding hydrogens is 396 g/mol. The van der Waals surface area contributed by atoms with Crippen molar-refractivity contribution >= 4 is 18.3 Å². The van der Waals surface area contributed by atoms with E-state index in [1.54, 1.807) is 7.11 Å². The lowest BCUT2D eigenvalue weighted by atomic mass is 9.87. The van der Waals surface area contributed by atoms with Gasteiger partial charge in [0.15, 0.2) is 0 Å². The van der Waals surface area contributed by atoms with Gasteiger partial charge in [0.25, 0.3) is 0 Å². The van der Waals surface area contributed by atoms with Crippen LogP contribution in [0.15, 0.2) is 24.3 Å². The molecule has 5 heteroatoms. The number of ether oxygens (including phenoxy) is 1. The molecule has 1 saturated carbocycles. The first-order chi connectivity index (χ1) is 14.1. The van der Waals surface area contributed by atoms with Gasteiger partial charge in [0, 0.05) is 31.6 Å². The Morgan fingerprint density at radius 2 is 1.73 bits per heavy atom. The zero-order chi connectivity index (χ0) is 20.6. The molecule has 0 radical (unpaired) electrons. The molecule has 1 aromatic rings. The molecule has 1 unspecified atom stereocenters. The molecule has 1 amide bonds. The summed E-state index contributed by atoms with van der Waals surface area (Å²) < 4.78 is 5.27. The third kappa shape index (κ3) is 6.88. The molecule has 1 heterocycles. The van der Waals surface area contributed by atoms with Gasteiger partial charge in [0.05, 0.1) is 7.11 Å². The van der Waals surface area contributed by atoms with E-state index in [4.69, 9.17) is 4.74 Å². The number of methoxy groups -OCH3 is 1. The minimum Gasteiger partial charge on any atom is -0.497 e. The van der Waals surface area contributed by atoms with Crippen molar-refractivity contribution < 1.29 is 9.53 Å². The quantitative estimate of drug-likeness (QED) is 0.562. The van der Waals surface area contributed by atoms with Gasteiger partial charge >= 0.3 is 0 Å². The minimum atomic E-state index is 0. The van der Waals surface area contributed by atoms with Crippen LogP contribution in [0.5, 0.6) is 5.75 Å². The monoisotopic (exact) mass is 436 g/mol. The highest BCUT2D eigenvalue weighted by Crippen LogP contribution is 2.28. The van der Waals surface area contributed by atoms with Crippen LogP contribution in [-0.2, 0) is 11.2 Å². The van der Waals surface area contributed by atoms with Crippen molar-refractivity contribution in [3.63, 3.8) is 0 Å². The molecule has 1 aliphatic carbocycles. The van der Waals surface area contributed by atoms with Crippen molar-refractivity contribution in [2.45, 2.75) is 71.3 Å². The minimum absolute atomic E-state index is 0. The van der Waals surface area contributed by atoms with E-state index >= 15 is 0 Å². The van der Waals surface area contributed by atoms with E-state index in [1.165, 1.54) is 24.8 Å². The van der Waals surface area contributed by atoms with Gasteiger partial charge in [-0.25, -0.2) is 0 Å². The lowest BCUT2D eigenvalue weighted by Crippen LogP contribution is -2.45. The number of halogens is 1. The number of likely N-dealkylation sites (N-methyl/N-ethyl adjacent to an activating group) is 1. The van der Waals surface area contributed by atoms with Crippen LogP contribution < -0.4 is 4.74 Å². The number of carbonyl (C=O) groups is 1. The van der Waals surface area contributed by atoms with Crippen LogP contribution in [0.2, 0.25) is 0 Å². The van der Waals surface area contributed by atoms with Gasteiger partial charge in [-0.2, -0.15) is 0 Å². The van der Waals surface area contributed by atoms with Crippen molar-refractivity contribution in [1.29, 1.82) is 0 Å². The third-order valence-corrected chi connectivity index (χ3v) is 7.09. The van der Waals surface area contributed by atoms with Crippen molar-refractivity contribution in [1.82, 2.24) is 9.80 Å². The molecule has 0 spiro atoms. The first kappa shape index (κ1) is 25.0. The maximum absolute atomic E-state index is 12.8. The number of benzene rings is 1. The average Bonchev–Trinajstić information content (AvgIpc) is 2.78. The Labute approximate surface area is 189 Å². The van der Waals surface area contributed by atoms with Crippen LogP contribution in [-0.4, -0.2) is 55.0 Å². The summed E-state index contributed by atoms with van der Waals surface area (Å²) in [5.74, 6) is 2.40. The lowest BCUT2D eigenvalue weighted by molar-refractivity contribution is -0.138. The SMILES string of the molecule is CCN(CC1CCN(C(=O)C2CCCCC2)CC1)C(C)Cc1ccc(OC)cc1.Cl. The number of likely N-dealkylation sites (tertiary alicyclic amines) is 1. The molecule has 1 aliphatic heterocycles. The summed E-state index contributed by atoms with van der Waals surface area (Å²) >= 11 is 0. The molecule has 1 aromatic carbocycles. The summed E-state index contributed by atoms with van der Waals surface area (Å²) in [5, 5.41) is 0. The van der Waals surface area contributed by atoms with Gasteiger partial charge in [0.1, 0.15) is 5.75 Å². The van der Waals surface area contributed by atoms with Gasteiger partial charge in [-0.05, 0) is 69.2 Å². The first-order valence-electron chi connectivity index (χ1n) is 11.8. The smallest absolute Gasteiger partial charge is 0.225 e. The largest absolute Gasteiger partial charge is 0.497 e. The highest BCUT2D eigenvalue weighted by atomic mass is 35.5. The molecule has 1 atom stereocenters. The summed E-state index contributed by atoms with van der Waals surface area (Å²) in [6, 6.07) is 8.99. The average molecular weight is 437 g/mol. The maximum Gasteiger partial charge on any atom is 0.225 e. The highest BCUT2D eigenvalue weighted by molar-refractivity contribution is 5.85. The molecule has 1 saturated heterocycles. The van der Waals surface area contributed by atoms with E-state index in [0.717, 1.165) is 64.0 Å². The number of nitrogens with zero attached hydrogens (tertiary/aromatic N) is 2. The zero-order valence-corrected chi connectivity index (χ0v) is 20.0. The number of rotatable bonds is 8. The first-order valence-corrected chi connectivity index (χ1v) is 11.8. The highest BCUT2D eigenvalue weighted by Gasteiger charge is 2.30. The van der Waals surface area contributed by atoms with E-state index in [1.807, 2.05) is 0 Å². The number of piperidine rings is 1. The Morgan fingerprint density at radius 1 is 1.10 bits per heavy atom. The molecule has 2 fully saturated rings. The van der Waals surface area contributed by atoms with Gasteiger partial charge in [-0.15, -0.1) is 12.4 Å². The van der Waals surface area contributed by atoms with E-state index < -0.39 is 0 Å². The Bertz CT molecular complexity index is 623. The molecule has 3 rings (SSSR count). The molecule has 30 heavy (non-hydrogen) atoms. The van der Waals surface area contributed by atoms with E-state index in [0.29, 0.717) is 23.8 Å². The molecule has 4 nitrogen and oxygen atoms in total. The number of hydrogen-bond donors (Lipinski definition) is 0. The Hall–Kier alpha value is -1.26. The van der Waals surface area contributed by atoms with Crippen LogP contribution in [0, 0.1) is 11.8 Å². The molecule has 2 aliphatic rings. The predicted molar refractivity (Wildman–Crippen MR) is 127 cm³/mol. The summed E-state index contributed by atoms with van der Waals surface area (Å²) in [6.07, 6.45) is 9.41. The fourth-order valence-electron chi connectivity index (χ4n) is 5.13. The number of carbonyl (C=O) groups excluding carboxylic acids is 1. The van der Waals surface area contributed by atoms with E-state index in [2.05, 4.69) is 47.9 Å². The second-order valence-electron chi connectivity index (χ2n) is 9.09. The van der Waals surface area contributed by atoms with E-state index in [9.17, 15) is 4.79 Å². The van der Waals surface area contributed by atoms with Gasteiger partial charge in [0.2, 0.25) is 5.91 Å². The topological polar surface area (TPSA) is 32.8 Å². The summed E-state index contributed by atoms with van der Waals surface area (Å²) in [7, 11) is 1.71. The molecule has 0 aromatic heterocycles. The Balaban J connectivity index is 0.00000320. The fourth-order valence-corrected chi connectivity index (χ4v) is 5.13. The zero-order valence-electron chi connectivity index (χ0n) is 19.1. The fraction of sp³-hybridized carbons (Fsp3) is 0.720. The Morgan fingerprint density at radius 3 is 2.30 bits per heavy atom. The van der Waals surface area contributed by atoms with Gasteiger partial charge in [-0.3, -0.25) is 4.79 Å². The van der Waals surface area contributed by atoms with Crippen molar-refractivity contribution in [3.05, 3.63) is 29.8 Å². The van der Waals surface area contributed by atoms with Crippen LogP contribution >= 0.6 is 12.4 Å². The van der Waals surface area contributed by atoms with Crippen LogP contribution in [0.4, 0.5) is 0 Å². The van der Waals surface area contributed by atoms with Crippen LogP contribution in [0.3, 0.4) is 0 Å². The standard InChI is InChI=1S/C25H40N2O2.ClH/c1-4-26(20(2)18-21-10-12-24(29-3)13-11-21)19-22-14-16-27(17-15-22)25(28)23-8-6-5-7-9-23;/h10-13,20,22-23H,4-9,14-19H2,1-3H3;1H. The van der Waals surface area contributed by atoms with Crippen molar-refractivity contribution in [3.8, 4) is 5.75 Å². The molecule has 0 bridgehead atoms. The van der Waals surface area contributed by atoms with Crippen LogP contribution in [0.1, 0.15) is 64.4 Å². The third-order valence-electron chi connectivity index (χ3n) is 7.09. The van der Waals surface area contributed by atoms with Crippen LogP contribution in [0.25, 0.3) is 0 Å². The lowest BCUT2D eigenvalue weighted by Gasteiger charge is -2.38. The van der Waals surface area contributed by atoms with Gasteiger partial charge in [-0.1, -0.05) is 38.3 Å². The van der Waals surface area contributed by atoms with Gasteiger partial charge < -0.3 is 14.5 Å². The summed E-state index contributed by atoms with van der Waals surface area (Å²) in [4.78, 5) is 17.6. The van der Waals surface area contributed by atoms with E-state index in [-0.39, 0.29) is 12.4 Å². The predicted octanol–water partition coefficient (Wildman–Crippen LogP) is 5.19.